The molecule has 0 aromatic heterocycles. The van der Waals surface area contributed by atoms with Gasteiger partial charge in [0.15, 0.2) is 5.96 Å². The molecular formula is C14H19N3. The minimum Gasteiger partial charge on any atom is -0.353 e. The molecule has 0 saturated heterocycles. The number of para-hydroxylation sites is 1. The first-order valence-electron chi connectivity index (χ1n) is 6.58. The van der Waals surface area contributed by atoms with Crippen molar-refractivity contribution in [1.29, 1.82) is 0 Å². The van der Waals surface area contributed by atoms with Crippen molar-refractivity contribution in [2.75, 3.05) is 5.32 Å². The fourth-order valence-electron chi connectivity index (χ4n) is 2.63. The van der Waals surface area contributed by atoms with Crippen LogP contribution < -0.4 is 10.6 Å². The lowest BCUT2D eigenvalue weighted by molar-refractivity contribution is 0.413. The number of nitrogens with zero attached hydrogens (tertiary/aromatic N) is 1. The Balaban J connectivity index is 1.64. The first-order chi connectivity index (χ1) is 8.42. The van der Waals surface area contributed by atoms with Crippen molar-refractivity contribution in [3.05, 3.63) is 29.8 Å². The van der Waals surface area contributed by atoms with Crippen LogP contribution >= 0.6 is 0 Å². The summed E-state index contributed by atoms with van der Waals surface area (Å²) < 4.78 is 0. The minimum absolute atomic E-state index is 0.611. The van der Waals surface area contributed by atoms with E-state index in [1.54, 1.807) is 0 Å². The monoisotopic (exact) mass is 229 g/mol. The summed E-state index contributed by atoms with van der Waals surface area (Å²) in [4.78, 5) is 4.56. The van der Waals surface area contributed by atoms with Crippen LogP contribution in [-0.4, -0.2) is 12.0 Å². The number of rotatable bonds is 1. The molecule has 1 aliphatic heterocycles. The van der Waals surface area contributed by atoms with Gasteiger partial charge in [0.1, 0.15) is 0 Å². The van der Waals surface area contributed by atoms with Crippen molar-refractivity contribution >= 4 is 11.6 Å². The van der Waals surface area contributed by atoms with Gasteiger partial charge in [0.2, 0.25) is 0 Å². The van der Waals surface area contributed by atoms with E-state index in [-0.39, 0.29) is 0 Å². The smallest absolute Gasteiger partial charge is 0.196 e. The summed E-state index contributed by atoms with van der Waals surface area (Å²) in [6, 6.07) is 8.99. The molecule has 1 aromatic carbocycles. The molecule has 0 spiro atoms. The Bertz CT molecular complexity index is 419. The molecule has 0 atom stereocenters. The van der Waals surface area contributed by atoms with E-state index in [1.807, 2.05) is 0 Å². The Morgan fingerprint density at radius 2 is 1.94 bits per heavy atom. The zero-order valence-electron chi connectivity index (χ0n) is 10.1. The highest BCUT2D eigenvalue weighted by molar-refractivity contribution is 5.95. The third-order valence-corrected chi connectivity index (χ3v) is 3.62. The van der Waals surface area contributed by atoms with E-state index in [2.05, 4.69) is 39.9 Å². The fraction of sp³-hybridized carbons (Fsp3) is 0.500. The normalized spacial score (nSPS) is 20.1. The predicted molar refractivity (Wildman–Crippen MR) is 71.2 cm³/mol. The van der Waals surface area contributed by atoms with E-state index < -0.39 is 0 Å². The summed E-state index contributed by atoms with van der Waals surface area (Å²) in [7, 11) is 0. The highest BCUT2D eigenvalue weighted by Crippen LogP contribution is 2.21. The Kier molecular flexibility index (Phi) is 2.99. The van der Waals surface area contributed by atoms with E-state index in [9.17, 15) is 0 Å². The number of benzene rings is 1. The van der Waals surface area contributed by atoms with Crippen LogP contribution in [-0.2, 0) is 6.54 Å². The SMILES string of the molecule is c1ccc2c(c1)CN=C(NC1CCCCC1)N2. The molecule has 3 nitrogen and oxygen atoms in total. The summed E-state index contributed by atoms with van der Waals surface area (Å²) in [5, 5.41) is 6.92. The molecule has 3 heteroatoms. The second kappa shape index (κ2) is 4.78. The van der Waals surface area contributed by atoms with Crippen LogP contribution in [0.2, 0.25) is 0 Å². The Morgan fingerprint density at radius 3 is 2.82 bits per heavy atom. The molecule has 1 heterocycles. The van der Waals surface area contributed by atoms with Crippen molar-refractivity contribution in [2.45, 2.75) is 44.7 Å². The molecule has 90 valence electrons. The molecule has 3 rings (SSSR count). The van der Waals surface area contributed by atoms with E-state index in [1.165, 1.54) is 43.4 Å². The molecule has 0 radical (unpaired) electrons. The number of nitrogens with one attached hydrogen (secondary N) is 2. The van der Waals surface area contributed by atoms with Crippen molar-refractivity contribution in [1.82, 2.24) is 5.32 Å². The van der Waals surface area contributed by atoms with E-state index in [0.29, 0.717) is 6.04 Å². The van der Waals surface area contributed by atoms with Crippen LogP contribution in [0.25, 0.3) is 0 Å². The first-order valence-corrected chi connectivity index (χ1v) is 6.58. The molecule has 2 aliphatic rings. The summed E-state index contributed by atoms with van der Waals surface area (Å²) in [5.41, 5.74) is 2.47. The lowest BCUT2D eigenvalue weighted by Crippen LogP contribution is -2.41. The molecule has 1 aromatic rings. The van der Waals surface area contributed by atoms with Gasteiger partial charge in [-0.05, 0) is 24.5 Å². The third-order valence-electron chi connectivity index (χ3n) is 3.62. The van der Waals surface area contributed by atoms with Crippen LogP contribution in [0.4, 0.5) is 5.69 Å². The average Bonchev–Trinajstić information content (AvgIpc) is 2.40. The van der Waals surface area contributed by atoms with Gasteiger partial charge >= 0.3 is 0 Å². The van der Waals surface area contributed by atoms with Gasteiger partial charge in [-0.25, -0.2) is 4.99 Å². The molecule has 2 N–H and O–H groups in total. The van der Waals surface area contributed by atoms with Crippen molar-refractivity contribution in [2.24, 2.45) is 4.99 Å². The number of hydrogen-bond acceptors (Lipinski definition) is 3. The number of anilines is 1. The maximum absolute atomic E-state index is 4.56. The van der Waals surface area contributed by atoms with Crippen LogP contribution in [0, 0.1) is 0 Å². The fourth-order valence-corrected chi connectivity index (χ4v) is 2.63. The number of guanidine groups is 1. The zero-order chi connectivity index (χ0) is 11.5. The Morgan fingerprint density at radius 1 is 1.12 bits per heavy atom. The Hall–Kier alpha value is -1.51. The number of hydrogen-bond donors (Lipinski definition) is 2. The van der Waals surface area contributed by atoms with Crippen molar-refractivity contribution in [3.8, 4) is 0 Å². The molecule has 17 heavy (non-hydrogen) atoms. The lowest BCUT2D eigenvalue weighted by atomic mass is 9.96. The minimum atomic E-state index is 0.611. The zero-order valence-corrected chi connectivity index (χ0v) is 10.1. The maximum Gasteiger partial charge on any atom is 0.196 e. The van der Waals surface area contributed by atoms with Crippen LogP contribution in [0.5, 0.6) is 0 Å². The largest absolute Gasteiger partial charge is 0.353 e. The van der Waals surface area contributed by atoms with E-state index in [4.69, 9.17) is 0 Å². The van der Waals surface area contributed by atoms with Gasteiger partial charge in [0, 0.05) is 11.7 Å². The summed E-state index contributed by atoms with van der Waals surface area (Å²) in [5.74, 6) is 0.954. The topological polar surface area (TPSA) is 36.4 Å². The quantitative estimate of drug-likeness (QED) is 0.777. The highest BCUT2D eigenvalue weighted by Gasteiger charge is 2.17. The van der Waals surface area contributed by atoms with Gasteiger partial charge in [0.05, 0.1) is 6.54 Å². The van der Waals surface area contributed by atoms with Crippen LogP contribution in [0.1, 0.15) is 37.7 Å². The Labute approximate surface area is 102 Å². The van der Waals surface area contributed by atoms with Crippen LogP contribution in [0.3, 0.4) is 0 Å². The average molecular weight is 229 g/mol. The standard InChI is InChI=1S/C14H19N3/c1-2-7-12(8-3-1)16-14-15-10-11-6-4-5-9-13(11)17-14/h4-6,9,12H,1-3,7-8,10H2,(H2,15,16,17). The van der Waals surface area contributed by atoms with Gasteiger partial charge in [-0.1, -0.05) is 37.5 Å². The van der Waals surface area contributed by atoms with Gasteiger partial charge in [-0.15, -0.1) is 0 Å². The van der Waals surface area contributed by atoms with Gasteiger partial charge < -0.3 is 10.6 Å². The summed E-state index contributed by atoms with van der Waals surface area (Å²) in [6.45, 7) is 0.790. The second-order valence-electron chi connectivity index (χ2n) is 4.93. The third kappa shape index (κ3) is 2.43. The molecule has 1 saturated carbocycles. The molecule has 0 bridgehead atoms. The molecule has 1 fully saturated rings. The molecule has 0 unspecified atom stereocenters. The van der Waals surface area contributed by atoms with Crippen LogP contribution in [0.15, 0.2) is 29.3 Å². The molecular weight excluding hydrogens is 210 g/mol. The van der Waals surface area contributed by atoms with E-state index in [0.717, 1.165) is 12.5 Å². The molecule has 1 aliphatic carbocycles. The van der Waals surface area contributed by atoms with Crippen molar-refractivity contribution in [3.63, 3.8) is 0 Å². The number of fused-ring (bicyclic) bond motifs is 1. The molecule has 0 amide bonds. The predicted octanol–water partition coefficient (Wildman–Crippen LogP) is 2.89. The van der Waals surface area contributed by atoms with Crippen molar-refractivity contribution < 1.29 is 0 Å². The second-order valence-corrected chi connectivity index (χ2v) is 4.93. The first kappa shape index (κ1) is 10.6. The summed E-state index contributed by atoms with van der Waals surface area (Å²) >= 11 is 0. The van der Waals surface area contributed by atoms with Gasteiger partial charge in [0.25, 0.3) is 0 Å². The van der Waals surface area contributed by atoms with Gasteiger partial charge in [-0.3, -0.25) is 0 Å². The summed E-state index contributed by atoms with van der Waals surface area (Å²) in [6.07, 6.45) is 6.65. The number of aliphatic imine (C=N–C) groups is 1. The van der Waals surface area contributed by atoms with Gasteiger partial charge in [-0.2, -0.15) is 0 Å². The lowest BCUT2D eigenvalue weighted by Gasteiger charge is -2.27. The highest BCUT2D eigenvalue weighted by atomic mass is 15.2. The van der Waals surface area contributed by atoms with E-state index >= 15 is 0 Å². The maximum atomic E-state index is 4.56.